The predicted molar refractivity (Wildman–Crippen MR) is 54.2 cm³/mol. The van der Waals surface area contributed by atoms with Gasteiger partial charge in [0.05, 0.1) is 19.5 Å². The van der Waals surface area contributed by atoms with Gasteiger partial charge in [0.2, 0.25) is 5.88 Å². The van der Waals surface area contributed by atoms with E-state index in [-0.39, 0.29) is 6.01 Å². The van der Waals surface area contributed by atoms with Gasteiger partial charge in [0.25, 0.3) is 0 Å². The Bertz CT molecular complexity index is 375. The molecular formula is C8H13N2O3P. The maximum atomic E-state index is 11.8. The Balaban J connectivity index is 3.25. The van der Waals surface area contributed by atoms with Crippen molar-refractivity contribution in [2.75, 3.05) is 27.5 Å². The monoisotopic (exact) mass is 216 g/mol. The van der Waals surface area contributed by atoms with E-state index in [1.807, 2.05) is 0 Å². The minimum absolute atomic E-state index is 0.207. The summed E-state index contributed by atoms with van der Waals surface area (Å²) < 4.78 is 21.6. The molecule has 0 aromatic carbocycles. The molecule has 0 spiro atoms. The van der Waals surface area contributed by atoms with Crippen LogP contribution in [-0.2, 0) is 4.57 Å². The highest BCUT2D eigenvalue weighted by atomic mass is 31.2. The normalized spacial score (nSPS) is 11.1. The molecule has 0 atom stereocenters. The van der Waals surface area contributed by atoms with Gasteiger partial charge in [-0.3, -0.25) is 0 Å². The largest absolute Gasteiger partial charge is 0.480 e. The van der Waals surface area contributed by atoms with Crippen LogP contribution in [0.5, 0.6) is 11.9 Å². The molecule has 0 amide bonds. The zero-order chi connectivity index (χ0) is 10.8. The number of ether oxygens (including phenoxy) is 2. The van der Waals surface area contributed by atoms with E-state index >= 15 is 0 Å². The molecule has 0 N–H and O–H groups in total. The Morgan fingerprint density at radius 2 is 1.93 bits per heavy atom. The first kappa shape index (κ1) is 11.0. The van der Waals surface area contributed by atoms with Gasteiger partial charge in [0, 0.05) is 6.20 Å². The van der Waals surface area contributed by atoms with Crippen molar-refractivity contribution in [3.8, 4) is 11.9 Å². The molecule has 0 saturated carbocycles. The van der Waals surface area contributed by atoms with E-state index in [4.69, 9.17) is 9.47 Å². The first-order valence-corrected chi connectivity index (χ1v) is 6.59. The Morgan fingerprint density at radius 3 is 2.36 bits per heavy atom. The lowest BCUT2D eigenvalue weighted by Gasteiger charge is -2.10. The molecule has 0 aliphatic heterocycles. The molecule has 6 heteroatoms. The van der Waals surface area contributed by atoms with Crippen LogP contribution in [0.1, 0.15) is 0 Å². The number of rotatable bonds is 3. The van der Waals surface area contributed by atoms with Crippen molar-refractivity contribution in [3.05, 3.63) is 6.20 Å². The Morgan fingerprint density at radius 1 is 1.29 bits per heavy atom. The van der Waals surface area contributed by atoms with E-state index in [1.54, 1.807) is 13.3 Å². The summed E-state index contributed by atoms with van der Waals surface area (Å²) in [5.41, 5.74) is 0. The average molecular weight is 216 g/mol. The molecule has 0 aliphatic rings. The third-order valence-electron chi connectivity index (χ3n) is 1.67. The van der Waals surface area contributed by atoms with E-state index in [1.165, 1.54) is 20.4 Å². The topological polar surface area (TPSA) is 61.3 Å². The molecular weight excluding hydrogens is 203 g/mol. The first-order chi connectivity index (χ1) is 6.49. The first-order valence-electron chi connectivity index (χ1n) is 3.99. The van der Waals surface area contributed by atoms with Crippen molar-refractivity contribution in [1.29, 1.82) is 0 Å². The zero-order valence-electron chi connectivity index (χ0n) is 8.64. The van der Waals surface area contributed by atoms with Gasteiger partial charge in [-0.05, 0) is 13.3 Å². The molecule has 14 heavy (non-hydrogen) atoms. The third kappa shape index (κ3) is 2.23. The van der Waals surface area contributed by atoms with Gasteiger partial charge >= 0.3 is 6.01 Å². The zero-order valence-corrected chi connectivity index (χ0v) is 9.54. The van der Waals surface area contributed by atoms with Crippen LogP contribution in [0.4, 0.5) is 0 Å². The van der Waals surface area contributed by atoms with Gasteiger partial charge in [0.1, 0.15) is 7.14 Å². The summed E-state index contributed by atoms with van der Waals surface area (Å²) in [7, 11) is 0.529. The fraction of sp³-hybridized carbons (Fsp3) is 0.500. The maximum Gasteiger partial charge on any atom is 0.319 e. The molecule has 0 unspecified atom stereocenters. The minimum atomic E-state index is -2.41. The van der Waals surface area contributed by atoms with Gasteiger partial charge in [0.15, 0.2) is 0 Å². The summed E-state index contributed by atoms with van der Waals surface area (Å²) in [4.78, 5) is 7.84. The van der Waals surface area contributed by atoms with Crippen LogP contribution in [-0.4, -0.2) is 37.5 Å². The molecule has 78 valence electrons. The lowest BCUT2D eigenvalue weighted by Crippen LogP contribution is -2.11. The second kappa shape index (κ2) is 3.96. The highest BCUT2D eigenvalue weighted by Gasteiger charge is 2.19. The SMILES string of the molecule is COc1ncc(P(C)(C)=O)c(OC)n1. The van der Waals surface area contributed by atoms with Crippen LogP contribution in [0.3, 0.4) is 0 Å². The molecule has 0 aliphatic carbocycles. The number of hydrogen-bond donors (Lipinski definition) is 0. The highest BCUT2D eigenvalue weighted by molar-refractivity contribution is 7.70. The molecule has 0 bridgehead atoms. The molecule has 1 heterocycles. The second-order valence-corrected chi connectivity index (χ2v) is 6.29. The lowest BCUT2D eigenvalue weighted by molar-refractivity contribution is 0.354. The smallest absolute Gasteiger partial charge is 0.319 e. The van der Waals surface area contributed by atoms with Crippen molar-refractivity contribution in [2.24, 2.45) is 0 Å². The summed E-state index contributed by atoms with van der Waals surface area (Å²) in [5.74, 6) is 0.310. The molecule has 5 nitrogen and oxygen atoms in total. The van der Waals surface area contributed by atoms with E-state index in [0.717, 1.165) is 0 Å². The van der Waals surface area contributed by atoms with Crippen molar-refractivity contribution >= 4 is 12.4 Å². The molecule has 1 aromatic rings. The van der Waals surface area contributed by atoms with Crippen LogP contribution < -0.4 is 14.8 Å². The van der Waals surface area contributed by atoms with Gasteiger partial charge in [-0.1, -0.05) is 0 Å². The second-order valence-electron chi connectivity index (χ2n) is 3.10. The molecule has 0 fully saturated rings. The van der Waals surface area contributed by atoms with Crippen LogP contribution in [0.2, 0.25) is 0 Å². The molecule has 1 rings (SSSR count). The van der Waals surface area contributed by atoms with E-state index < -0.39 is 7.14 Å². The fourth-order valence-corrected chi connectivity index (χ4v) is 1.90. The maximum absolute atomic E-state index is 11.8. The molecule has 1 aromatic heterocycles. The number of hydrogen-bond acceptors (Lipinski definition) is 5. The van der Waals surface area contributed by atoms with Gasteiger partial charge in [-0.2, -0.15) is 4.98 Å². The van der Waals surface area contributed by atoms with Gasteiger partial charge < -0.3 is 14.0 Å². The summed E-state index contributed by atoms with van der Waals surface area (Å²) in [6, 6.07) is 0.207. The predicted octanol–water partition coefficient (Wildman–Crippen LogP) is 0.742. The van der Waals surface area contributed by atoms with Crippen molar-refractivity contribution in [1.82, 2.24) is 9.97 Å². The lowest BCUT2D eigenvalue weighted by atomic mass is 10.6. The standard InChI is InChI=1S/C8H13N2O3P/c1-12-7-6(14(3,4)11)5-9-8(10-7)13-2/h5H,1-4H3. The average Bonchev–Trinajstić information content (AvgIpc) is 2.15. The highest BCUT2D eigenvalue weighted by Crippen LogP contribution is 2.37. The summed E-state index contributed by atoms with van der Waals surface area (Å²) in [6.45, 7) is 3.28. The van der Waals surface area contributed by atoms with Crippen LogP contribution in [0, 0.1) is 0 Å². The van der Waals surface area contributed by atoms with Crippen molar-refractivity contribution < 1.29 is 14.0 Å². The fourth-order valence-electron chi connectivity index (χ4n) is 0.963. The molecule has 0 saturated heterocycles. The van der Waals surface area contributed by atoms with Crippen LogP contribution >= 0.6 is 7.14 Å². The van der Waals surface area contributed by atoms with Crippen molar-refractivity contribution in [3.63, 3.8) is 0 Å². The van der Waals surface area contributed by atoms with Crippen LogP contribution in [0.25, 0.3) is 0 Å². The van der Waals surface area contributed by atoms with Gasteiger partial charge in [-0.25, -0.2) is 4.98 Å². The molecule has 0 radical (unpaired) electrons. The minimum Gasteiger partial charge on any atom is -0.480 e. The third-order valence-corrected chi connectivity index (χ3v) is 3.14. The van der Waals surface area contributed by atoms with Crippen LogP contribution in [0.15, 0.2) is 6.20 Å². The van der Waals surface area contributed by atoms with E-state index in [0.29, 0.717) is 11.2 Å². The summed E-state index contributed by atoms with van der Waals surface area (Å²) in [6.07, 6.45) is 1.48. The van der Waals surface area contributed by atoms with E-state index in [9.17, 15) is 4.57 Å². The quantitative estimate of drug-likeness (QED) is 0.697. The number of nitrogens with zero attached hydrogens (tertiary/aromatic N) is 2. The van der Waals surface area contributed by atoms with Crippen molar-refractivity contribution in [2.45, 2.75) is 0 Å². The van der Waals surface area contributed by atoms with Gasteiger partial charge in [-0.15, -0.1) is 0 Å². The Kier molecular flexibility index (Phi) is 3.11. The Labute approximate surface area is 82.8 Å². The summed E-state index contributed by atoms with van der Waals surface area (Å²) >= 11 is 0. The number of aromatic nitrogens is 2. The number of methoxy groups -OCH3 is 2. The Hall–Kier alpha value is -1.09. The van der Waals surface area contributed by atoms with E-state index in [2.05, 4.69) is 9.97 Å². The summed E-state index contributed by atoms with van der Waals surface area (Å²) in [5, 5.41) is 0.529.